The van der Waals surface area contributed by atoms with E-state index in [-0.39, 0.29) is 12.0 Å². The lowest BCUT2D eigenvalue weighted by molar-refractivity contribution is -0.119. The average molecular weight is 358 g/mol. The average Bonchev–Trinajstić information content (AvgIpc) is 3.23. The molecule has 5 heteroatoms. The van der Waals surface area contributed by atoms with Gasteiger partial charge in [-0.15, -0.1) is 11.8 Å². The minimum atomic E-state index is -0.374. The van der Waals surface area contributed by atoms with Crippen molar-refractivity contribution in [1.82, 2.24) is 5.32 Å². The van der Waals surface area contributed by atoms with Crippen LogP contribution in [-0.4, -0.2) is 29.4 Å². The molecule has 1 unspecified atom stereocenters. The zero-order valence-corrected chi connectivity index (χ0v) is 14.2. The van der Waals surface area contributed by atoms with Crippen molar-refractivity contribution in [2.24, 2.45) is 5.92 Å². The number of aryl methyl sites for hydroxylation is 2. The van der Waals surface area contributed by atoms with Crippen molar-refractivity contribution in [3.05, 3.63) is 27.7 Å². The lowest BCUT2D eigenvalue weighted by Crippen LogP contribution is -2.34. The van der Waals surface area contributed by atoms with E-state index in [2.05, 4.69) is 33.4 Å². The predicted octanol–water partition coefficient (Wildman–Crippen LogP) is 3.05. The van der Waals surface area contributed by atoms with E-state index in [1.807, 2.05) is 13.8 Å². The van der Waals surface area contributed by atoms with Gasteiger partial charge >= 0.3 is 0 Å². The molecule has 1 saturated carbocycles. The van der Waals surface area contributed by atoms with Crippen LogP contribution in [0.4, 0.5) is 0 Å². The Morgan fingerprint density at radius 3 is 2.80 bits per heavy atom. The first-order valence-electron chi connectivity index (χ1n) is 6.81. The van der Waals surface area contributed by atoms with Crippen molar-refractivity contribution < 1.29 is 9.90 Å². The first kappa shape index (κ1) is 15.9. The Morgan fingerprint density at radius 1 is 1.45 bits per heavy atom. The van der Waals surface area contributed by atoms with Crippen molar-refractivity contribution in [2.45, 2.75) is 37.7 Å². The zero-order chi connectivity index (χ0) is 14.7. The van der Waals surface area contributed by atoms with Crippen molar-refractivity contribution >= 4 is 33.6 Å². The summed E-state index contributed by atoms with van der Waals surface area (Å²) in [7, 11) is 0. The third-order valence-electron chi connectivity index (χ3n) is 3.49. The van der Waals surface area contributed by atoms with Gasteiger partial charge in [-0.1, -0.05) is 15.9 Å². The van der Waals surface area contributed by atoms with Crippen LogP contribution in [0, 0.1) is 19.8 Å². The summed E-state index contributed by atoms with van der Waals surface area (Å²) in [5.74, 6) is 0.772. The van der Waals surface area contributed by atoms with Crippen molar-refractivity contribution in [3.8, 4) is 0 Å². The Bertz CT molecular complexity index is 503. The molecule has 1 aromatic rings. The molecule has 20 heavy (non-hydrogen) atoms. The van der Waals surface area contributed by atoms with Gasteiger partial charge in [-0.05, 0) is 55.9 Å². The van der Waals surface area contributed by atoms with E-state index in [1.165, 1.54) is 22.9 Å². The number of hydrogen-bond donors (Lipinski definition) is 2. The second kappa shape index (κ2) is 6.96. The molecule has 0 bridgehead atoms. The maximum absolute atomic E-state index is 11.8. The molecule has 0 heterocycles. The summed E-state index contributed by atoms with van der Waals surface area (Å²) in [6.45, 7) is 4.46. The fraction of sp³-hybridized carbons (Fsp3) is 0.533. The smallest absolute Gasteiger partial charge is 0.230 e. The fourth-order valence-electron chi connectivity index (χ4n) is 1.97. The van der Waals surface area contributed by atoms with Gasteiger partial charge in [-0.2, -0.15) is 0 Å². The number of carbonyl (C=O) groups excluding carboxylic acids is 1. The van der Waals surface area contributed by atoms with E-state index < -0.39 is 0 Å². The Hall–Kier alpha value is -0.520. The number of aliphatic hydroxyl groups is 1. The summed E-state index contributed by atoms with van der Waals surface area (Å²) >= 11 is 5.04. The van der Waals surface area contributed by atoms with Gasteiger partial charge in [0, 0.05) is 15.9 Å². The van der Waals surface area contributed by atoms with Crippen LogP contribution in [0.2, 0.25) is 0 Å². The molecule has 3 nitrogen and oxygen atoms in total. The number of carbonyl (C=O) groups is 1. The van der Waals surface area contributed by atoms with Crippen LogP contribution >= 0.6 is 27.7 Å². The number of aliphatic hydroxyl groups excluding tert-OH is 1. The summed E-state index contributed by atoms with van der Waals surface area (Å²) in [6, 6.07) is 4.17. The predicted molar refractivity (Wildman–Crippen MR) is 86.1 cm³/mol. The third-order valence-corrected chi connectivity index (χ3v) is 5.50. The van der Waals surface area contributed by atoms with Crippen molar-refractivity contribution in [2.75, 3.05) is 12.3 Å². The second-order valence-corrected chi connectivity index (χ2v) is 7.24. The van der Waals surface area contributed by atoms with Crippen molar-refractivity contribution in [1.29, 1.82) is 0 Å². The maximum atomic E-state index is 11.8. The minimum absolute atomic E-state index is 0.0188. The Labute approximate surface area is 132 Å². The van der Waals surface area contributed by atoms with Gasteiger partial charge in [0.25, 0.3) is 0 Å². The maximum Gasteiger partial charge on any atom is 0.230 e. The molecular weight excluding hydrogens is 338 g/mol. The Kier molecular flexibility index (Phi) is 5.52. The van der Waals surface area contributed by atoms with Crippen LogP contribution in [0.25, 0.3) is 0 Å². The molecule has 1 aliphatic rings. The van der Waals surface area contributed by atoms with E-state index in [9.17, 15) is 9.90 Å². The fourth-order valence-corrected chi connectivity index (χ4v) is 3.36. The topological polar surface area (TPSA) is 49.3 Å². The molecule has 1 aromatic carbocycles. The van der Waals surface area contributed by atoms with Crippen LogP contribution in [-0.2, 0) is 4.79 Å². The molecule has 1 atom stereocenters. The van der Waals surface area contributed by atoms with Crippen LogP contribution < -0.4 is 5.32 Å². The summed E-state index contributed by atoms with van der Waals surface area (Å²) in [5.41, 5.74) is 2.33. The van der Waals surface area contributed by atoms with Gasteiger partial charge in [0.15, 0.2) is 0 Å². The molecule has 1 fully saturated rings. The highest BCUT2D eigenvalue weighted by molar-refractivity contribution is 9.10. The first-order chi connectivity index (χ1) is 9.47. The number of nitrogens with one attached hydrogen (secondary N) is 1. The molecular formula is C15H20BrNO2S. The van der Waals surface area contributed by atoms with Gasteiger partial charge in [-0.25, -0.2) is 0 Å². The molecule has 0 aliphatic heterocycles. The van der Waals surface area contributed by atoms with Crippen LogP contribution in [0.1, 0.15) is 24.0 Å². The Balaban J connectivity index is 1.79. The summed E-state index contributed by atoms with van der Waals surface area (Å²) < 4.78 is 1.09. The van der Waals surface area contributed by atoms with Gasteiger partial charge in [-0.3, -0.25) is 4.79 Å². The molecule has 2 N–H and O–H groups in total. The summed E-state index contributed by atoms with van der Waals surface area (Å²) in [4.78, 5) is 12.9. The first-order valence-corrected chi connectivity index (χ1v) is 8.59. The number of benzene rings is 1. The van der Waals surface area contributed by atoms with Gasteiger partial charge in [0.2, 0.25) is 5.91 Å². The standard InChI is InChI=1S/C15H20BrNO2S/c1-9-6-14(10(2)5-12(9)16)20-8-15(19)17-7-13(18)11-3-4-11/h5-6,11,13,18H,3-4,7-8H2,1-2H3,(H,17,19). The molecule has 2 rings (SSSR count). The van der Waals surface area contributed by atoms with Gasteiger partial charge in [0.1, 0.15) is 0 Å². The number of halogens is 1. The summed E-state index contributed by atoms with van der Waals surface area (Å²) in [5, 5.41) is 12.5. The molecule has 0 aromatic heterocycles. The normalized spacial score (nSPS) is 16.0. The number of hydrogen-bond acceptors (Lipinski definition) is 3. The third kappa shape index (κ3) is 4.50. The van der Waals surface area contributed by atoms with E-state index in [4.69, 9.17) is 0 Å². The van der Waals surface area contributed by atoms with E-state index in [0.29, 0.717) is 18.2 Å². The van der Waals surface area contributed by atoms with Gasteiger partial charge < -0.3 is 10.4 Å². The highest BCUT2D eigenvalue weighted by Gasteiger charge is 2.29. The SMILES string of the molecule is Cc1cc(SCC(=O)NCC(O)C2CC2)c(C)cc1Br. The lowest BCUT2D eigenvalue weighted by atomic mass is 10.2. The zero-order valence-electron chi connectivity index (χ0n) is 11.8. The van der Waals surface area contributed by atoms with E-state index in [0.717, 1.165) is 22.2 Å². The number of rotatable bonds is 6. The lowest BCUT2D eigenvalue weighted by Gasteiger charge is -2.11. The molecule has 1 amide bonds. The van der Waals surface area contributed by atoms with Gasteiger partial charge in [0.05, 0.1) is 11.9 Å². The minimum Gasteiger partial charge on any atom is -0.391 e. The Morgan fingerprint density at radius 2 is 2.15 bits per heavy atom. The monoisotopic (exact) mass is 357 g/mol. The molecule has 0 spiro atoms. The quantitative estimate of drug-likeness (QED) is 0.769. The molecule has 110 valence electrons. The van der Waals surface area contributed by atoms with Crippen LogP contribution in [0.3, 0.4) is 0 Å². The molecule has 0 saturated heterocycles. The van der Waals surface area contributed by atoms with Crippen LogP contribution in [0.5, 0.6) is 0 Å². The van der Waals surface area contributed by atoms with Crippen molar-refractivity contribution in [3.63, 3.8) is 0 Å². The highest BCUT2D eigenvalue weighted by Crippen LogP contribution is 2.32. The highest BCUT2D eigenvalue weighted by atomic mass is 79.9. The number of thioether (sulfide) groups is 1. The van der Waals surface area contributed by atoms with E-state index >= 15 is 0 Å². The second-order valence-electron chi connectivity index (χ2n) is 5.36. The summed E-state index contributed by atoms with van der Waals surface area (Å²) in [6.07, 6.45) is 1.80. The largest absolute Gasteiger partial charge is 0.391 e. The molecule has 0 radical (unpaired) electrons. The number of amides is 1. The molecule has 1 aliphatic carbocycles. The van der Waals surface area contributed by atoms with E-state index in [1.54, 1.807) is 0 Å². The van der Waals surface area contributed by atoms with Crippen LogP contribution in [0.15, 0.2) is 21.5 Å².